The van der Waals surface area contributed by atoms with E-state index in [0.29, 0.717) is 6.04 Å². The van der Waals surface area contributed by atoms with Crippen molar-refractivity contribution in [2.24, 2.45) is 29.6 Å². The summed E-state index contributed by atoms with van der Waals surface area (Å²) >= 11 is 0. The Morgan fingerprint density at radius 2 is 1.63 bits per heavy atom. The lowest BCUT2D eigenvalue weighted by atomic mass is 9.67. The van der Waals surface area contributed by atoms with Crippen molar-refractivity contribution in [3.8, 4) is 0 Å². The normalized spacial score (nSPS) is 40.5. The van der Waals surface area contributed by atoms with Crippen LogP contribution in [0.2, 0.25) is 0 Å². The summed E-state index contributed by atoms with van der Waals surface area (Å²) in [4.78, 5) is 12.7. The molecule has 3 nitrogen and oxygen atoms in total. The molecule has 1 amide bonds. The molecule has 154 valence electrons. The molecular weight excluding hydrogens is 332 g/mol. The molecule has 0 bridgehead atoms. The second-order valence-electron chi connectivity index (χ2n) is 10.3. The number of fused-ring (bicyclic) bond motifs is 1. The van der Waals surface area contributed by atoms with Gasteiger partial charge >= 0.3 is 0 Å². The summed E-state index contributed by atoms with van der Waals surface area (Å²) in [7, 11) is 0. The van der Waals surface area contributed by atoms with Crippen molar-refractivity contribution in [2.45, 2.75) is 109 Å². The van der Waals surface area contributed by atoms with Crippen LogP contribution >= 0.6 is 0 Å². The Morgan fingerprint density at radius 1 is 0.889 bits per heavy atom. The van der Waals surface area contributed by atoms with Crippen LogP contribution in [0.1, 0.15) is 96.8 Å². The van der Waals surface area contributed by atoms with Crippen LogP contribution < -0.4 is 10.6 Å². The van der Waals surface area contributed by atoms with E-state index in [1.54, 1.807) is 0 Å². The molecule has 1 aliphatic heterocycles. The van der Waals surface area contributed by atoms with Gasteiger partial charge in [-0.25, -0.2) is 0 Å². The molecule has 4 aliphatic rings. The van der Waals surface area contributed by atoms with Crippen LogP contribution in [0.3, 0.4) is 0 Å². The molecule has 0 aromatic carbocycles. The topological polar surface area (TPSA) is 41.1 Å². The highest BCUT2D eigenvalue weighted by atomic mass is 16.2. The molecule has 1 saturated heterocycles. The molecule has 2 N–H and O–H groups in total. The van der Waals surface area contributed by atoms with E-state index < -0.39 is 0 Å². The molecule has 3 saturated carbocycles. The molecule has 27 heavy (non-hydrogen) atoms. The predicted octanol–water partition coefficient (Wildman–Crippen LogP) is 5.05. The van der Waals surface area contributed by atoms with Gasteiger partial charge in [0.05, 0.1) is 6.04 Å². The summed E-state index contributed by atoms with van der Waals surface area (Å²) in [6, 6.07) is 0.657. The van der Waals surface area contributed by atoms with Crippen molar-refractivity contribution in [1.82, 2.24) is 10.6 Å². The van der Waals surface area contributed by atoms with E-state index in [2.05, 4.69) is 17.6 Å². The molecule has 0 aromatic rings. The number of carbonyl (C=O) groups excluding carboxylic acids is 1. The smallest absolute Gasteiger partial charge is 0.237 e. The molecule has 4 rings (SSSR count). The van der Waals surface area contributed by atoms with Crippen molar-refractivity contribution < 1.29 is 4.79 Å². The van der Waals surface area contributed by atoms with E-state index in [-0.39, 0.29) is 11.9 Å². The molecule has 0 radical (unpaired) electrons. The number of amides is 1. The first-order valence-corrected chi connectivity index (χ1v) is 12.3. The second kappa shape index (κ2) is 9.29. The summed E-state index contributed by atoms with van der Waals surface area (Å²) in [5, 5.41) is 7.00. The summed E-state index contributed by atoms with van der Waals surface area (Å²) in [6.07, 6.45) is 19.3. The average molecular weight is 375 g/mol. The second-order valence-corrected chi connectivity index (χ2v) is 10.3. The number of nitrogens with one attached hydrogen (secondary N) is 2. The quantitative estimate of drug-likeness (QED) is 0.707. The molecule has 4 fully saturated rings. The lowest BCUT2D eigenvalue weighted by Crippen LogP contribution is -2.45. The monoisotopic (exact) mass is 374 g/mol. The fourth-order valence-electron chi connectivity index (χ4n) is 7.16. The van der Waals surface area contributed by atoms with Crippen molar-refractivity contribution in [3.63, 3.8) is 0 Å². The number of hydrogen-bond acceptors (Lipinski definition) is 2. The van der Waals surface area contributed by atoms with Gasteiger partial charge in [0.25, 0.3) is 0 Å². The Labute approximate surface area is 166 Å². The maximum atomic E-state index is 12.7. The van der Waals surface area contributed by atoms with Crippen molar-refractivity contribution in [1.29, 1.82) is 0 Å². The number of rotatable bonds is 5. The van der Waals surface area contributed by atoms with Crippen LogP contribution in [0.15, 0.2) is 0 Å². The fourth-order valence-corrected chi connectivity index (χ4v) is 7.16. The first-order chi connectivity index (χ1) is 13.2. The highest BCUT2D eigenvalue weighted by Crippen LogP contribution is 2.42. The fraction of sp³-hybridized carbons (Fsp3) is 0.958. The van der Waals surface area contributed by atoms with Gasteiger partial charge in [0.15, 0.2) is 0 Å². The van der Waals surface area contributed by atoms with Crippen LogP contribution in [-0.2, 0) is 4.79 Å². The molecule has 1 heterocycles. The molecule has 3 aliphatic carbocycles. The molecule has 3 heteroatoms. The lowest BCUT2D eigenvalue weighted by molar-refractivity contribution is -0.123. The lowest BCUT2D eigenvalue weighted by Gasteiger charge is -2.39. The molecule has 6 unspecified atom stereocenters. The van der Waals surface area contributed by atoms with Crippen molar-refractivity contribution >= 4 is 5.91 Å². The zero-order valence-corrected chi connectivity index (χ0v) is 17.6. The first kappa shape index (κ1) is 19.7. The van der Waals surface area contributed by atoms with Gasteiger partial charge in [-0.3, -0.25) is 4.79 Å². The third-order valence-electron chi connectivity index (χ3n) is 8.64. The van der Waals surface area contributed by atoms with Crippen LogP contribution in [0.5, 0.6) is 0 Å². The third kappa shape index (κ3) is 4.71. The Balaban J connectivity index is 1.23. The number of carbonyl (C=O) groups is 1. The van der Waals surface area contributed by atoms with Gasteiger partial charge in [-0.15, -0.1) is 0 Å². The minimum Gasteiger partial charge on any atom is -0.355 e. The van der Waals surface area contributed by atoms with Crippen LogP contribution in [0, 0.1) is 29.6 Å². The maximum Gasteiger partial charge on any atom is 0.237 e. The van der Waals surface area contributed by atoms with Crippen LogP contribution in [0.25, 0.3) is 0 Å². The van der Waals surface area contributed by atoms with E-state index >= 15 is 0 Å². The Kier molecular flexibility index (Phi) is 6.79. The van der Waals surface area contributed by atoms with Crippen LogP contribution in [-0.4, -0.2) is 24.5 Å². The van der Waals surface area contributed by atoms with Gasteiger partial charge in [-0.2, -0.15) is 0 Å². The molecular formula is C24H42N2O. The molecule has 0 aromatic heterocycles. The van der Waals surface area contributed by atoms with Crippen molar-refractivity contribution in [2.75, 3.05) is 6.54 Å². The summed E-state index contributed by atoms with van der Waals surface area (Å²) in [5.41, 5.74) is 0. The van der Waals surface area contributed by atoms with Gasteiger partial charge in [-0.05, 0) is 61.7 Å². The van der Waals surface area contributed by atoms with E-state index in [9.17, 15) is 4.79 Å². The van der Waals surface area contributed by atoms with Gasteiger partial charge < -0.3 is 10.6 Å². The third-order valence-corrected chi connectivity index (χ3v) is 8.64. The summed E-state index contributed by atoms with van der Waals surface area (Å²) in [6.45, 7) is 3.26. The Hall–Kier alpha value is -0.570. The Bertz CT molecular complexity index is 487. The zero-order valence-electron chi connectivity index (χ0n) is 17.6. The first-order valence-electron chi connectivity index (χ1n) is 12.3. The highest BCUT2D eigenvalue weighted by molar-refractivity contribution is 5.82. The molecule has 6 atom stereocenters. The van der Waals surface area contributed by atoms with E-state index in [1.165, 1.54) is 83.5 Å². The Morgan fingerprint density at radius 3 is 2.44 bits per heavy atom. The van der Waals surface area contributed by atoms with Crippen LogP contribution in [0.4, 0.5) is 0 Å². The van der Waals surface area contributed by atoms with E-state index in [1.807, 2.05) is 0 Å². The van der Waals surface area contributed by atoms with Crippen molar-refractivity contribution in [3.05, 3.63) is 0 Å². The number of hydrogen-bond donors (Lipinski definition) is 2. The SMILES string of the molecule is CC1CCCC2CC(C(=O)NCCC3CCCCC3C3CCCCC3)NC12. The van der Waals surface area contributed by atoms with Gasteiger partial charge in [-0.1, -0.05) is 64.7 Å². The maximum absolute atomic E-state index is 12.7. The minimum atomic E-state index is 0.0704. The predicted molar refractivity (Wildman–Crippen MR) is 111 cm³/mol. The van der Waals surface area contributed by atoms with Gasteiger partial charge in [0.2, 0.25) is 5.91 Å². The highest BCUT2D eigenvalue weighted by Gasteiger charge is 2.41. The largest absolute Gasteiger partial charge is 0.355 e. The summed E-state index contributed by atoms with van der Waals surface area (Å²) in [5.74, 6) is 4.55. The standard InChI is InChI=1S/C24H42N2O/c1-17-8-7-12-20-16-22(26-23(17)20)24(27)25-15-14-19-11-5-6-13-21(19)18-9-3-2-4-10-18/h17-23,26H,2-16H2,1H3,(H,25,27). The average Bonchev–Trinajstić information content (AvgIpc) is 3.15. The molecule has 0 spiro atoms. The zero-order chi connectivity index (χ0) is 18.6. The van der Waals surface area contributed by atoms with Gasteiger partial charge in [0, 0.05) is 12.6 Å². The summed E-state index contributed by atoms with van der Waals surface area (Å²) < 4.78 is 0. The van der Waals surface area contributed by atoms with E-state index in [4.69, 9.17) is 0 Å². The van der Waals surface area contributed by atoms with E-state index in [0.717, 1.165) is 42.6 Å². The minimum absolute atomic E-state index is 0.0704. The van der Waals surface area contributed by atoms with Gasteiger partial charge in [0.1, 0.15) is 0 Å².